The van der Waals surface area contributed by atoms with Crippen molar-refractivity contribution in [3.63, 3.8) is 0 Å². The molecule has 0 saturated heterocycles. The first-order valence-electron chi connectivity index (χ1n) is 6.17. The summed E-state index contributed by atoms with van der Waals surface area (Å²) in [6.07, 6.45) is 0.914. The van der Waals surface area contributed by atoms with Gasteiger partial charge in [-0.25, -0.2) is 4.79 Å². The lowest BCUT2D eigenvalue weighted by atomic mass is 10.2. The number of aliphatic carboxylic acids is 1. The molecule has 1 aromatic heterocycles. The third-order valence-electron chi connectivity index (χ3n) is 3.50. The lowest BCUT2D eigenvalue weighted by Gasteiger charge is -2.10. The average molecular weight is 338 g/mol. The van der Waals surface area contributed by atoms with Crippen LogP contribution in [0, 0.1) is 6.92 Å². The van der Waals surface area contributed by atoms with Crippen LogP contribution in [0.2, 0.25) is 0 Å². The summed E-state index contributed by atoms with van der Waals surface area (Å²) in [4.78, 5) is 23.2. The Morgan fingerprint density at radius 3 is 2.65 bits per heavy atom. The first kappa shape index (κ1) is 13.2. The number of carbonyl (C=O) groups excluding carboxylic acids is 1. The van der Waals surface area contributed by atoms with E-state index in [0.29, 0.717) is 18.4 Å². The fourth-order valence-electron chi connectivity index (χ4n) is 2.19. The number of halogens is 1. The number of amides is 1. The molecule has 2 aromatic rings. The highest BCUT2D eigenvalue weighted by molar-refractivity contribution is 9.10. The molecule has 1 heterocycles. The summed E-state index contributed by atoms with van der Waals surface area (Å²) in [7, 11) is 0. The van der Waals surface area contributed by atoms with Gasteiger partial charge in [-0.15, -0.1) is 0 Å². The van der Waals surface area contributed by atoms with E-state index in [1.807, 2.05) is 19.1 Å². The molecule has 0 atom stereocenters. The minimum atomic E-state index is -1.11. The van der Waals surface area contributed by atoms with Crippen LogP contribution in [-0.2, 0) is 4.79 Å². The standard InChI is InChI=1S/C14H12BrNO4/c1-7-4-9(15)5-8-6-10(20-11(7)8)12(17)16-14(2-3-14)13(18)19/h4-6H,2-3H2,1H3,(H,16,17)(H,18,19). The molecule has 1 aromatic carbocycles. The van der Waals surface area contributed by atoms with Crippen molar-refractivity contribution in [1.82, 2.24) is 5.32 Å². The second-order valence-corrected chi connectivity index (χ2v) is 6.01. The van der Waals surface area contributed by atoms with Gasteiger partial charge in [-0.1, -0.05) is 15.9 Å². The monoisotopic (exact) mass is 337 g/mol. The van der Waals surface area contributed by atoms with Gasteiger partial charge in [-0.05, 0) is 43.5 Å². The number of hydrogen-bond acceptors (Lipinski definition) is 3. The first-order chi connectivity index (χ1) is 9.41. The van der Waals surface area contributed by atoms with Crippen molar-refractivity contribution in [2.75, 3.05) is 0 Å². The van der Waals surface area contributed by atoms with Crippen molar-refractivity contribution in [3.8, 4) is 0 Å². The molecule has 6 heteroatoms. The normalized spacial score (nSPS) is 16.1. The maximum absolute atomic E-state index is 12.1. The molecule has 20 heavy (non-hydrogen) atoms. The number of hydrogen-bond donors (Lipinski definition) is 2. The topological polar surface area (TPSA) is 79.5 Å². The summed E-state index contributed by atoms with van der Waals surface area (Å²) < 4.78 is 6.45. The van der Waals surface area contributed by atoms with Crippen LogP contribution in [0.25, 0.3) is 11.0 Å². The molecular weight excluding hydrogens is 326 g/mol. The highest BCUT2D eigenvalue weighted by Gasteiger charge is 2.52. The Balaban J connectivity index is 1.93. The summed E-state index contributed by atoms with van der Waals surface area (Å²) in [6, 6.07) is 5.38. The molecule has 0 bridgehead atoms. The van der Waals surface area contributed by atoms with Crippen molar-refractivity contribution < 1.29 is 19.1 Å². The number of carboxylic acid groups (broad SMARTS) is 1. The SMILES string of the molecule is Cc1cc(Br)cc2cc(C(=O)NC3(C(=O)O)CC3)oc12. The molecule has 1 aliphatic carbocycles. The summed E-state index contributed by atoms with van der Waals surface area (Å²) in [5.41, 5.74) is 0.442. The third kappa shape index (κ3) is 2.10. The minimum absolute atomic E-state index is 0.133. The Morgan fingerprint density at radius 2 is 2.05 bits per heavy atom. The van der Waals surface area contributed by atoms with Gasteiger partial charge in [0.05, 0.1) is 0 Å². The number of carboxylic acids is 1. The Hall–Kier alpha value is -1.82. The zero-order chi connectivity index (χ0) is 14.5. The van der Waals surface area contributed by atoms with E-state index in [9.17, 15) is 9.59 Å². The van der Waals surface area contributed by atoms with Gasteiger partial charge in [0.1, 0.15) is 11.1 Å². The zero-order valence-electron chi connectivity index (χ0n) is 10.7. The van der Waals surface area contributed by atoms with E-state index in [-0.39, 0.29) is 5.76 Å². The van der Waals surface area contributed by atoms with E-state index in [0.717, 1.165) is 15.4 Å². The number of furan rings is 1. The lowest BCUT2D eigenvalue weighted by molar-refractivity contribution is -0.140. The van der Waals surface area contributed by atoms with E-state index in [2.05, 4.69) is 21.2 Å². The maximum Gasteiger partial charge on any atom is 0.329 e. The van der Waals surface area contributed by atoms with Crippen molar-refractivity contribution >= 4 is 38.8 Å². The molecule has 1 amide bonds. The van der Waals surface area contributed by atoms with Crippen LogP contribution >= 0.6 is 15.9 Å². The Kier molecular flexibility index (Phi) is 2.86. The van der Waals surface area contributed by atoms with Crippen LogP contribution in [0.15, 0.2) is 27.1 Å². The molecule has 0 radical (unpaired) electrons. The summed E-state index contributed by atoms with van der Waals surface area (Å²) >= 11 is 3.39. The molecule has 2 N–H and O–H groups in total. The van der Waals surface area contributed by atoms with Gasteiger partial charge in [-0.3, -0.25) is 4.79 Å². The minimum Gasteiger partial charge on any atom is -0.480 e. The van der Waals surface area contributed by atoms with E-state index >= 15 is 0 Å². The number of carbonyl (C=O) groups is 2. The summed E-state index contributed by atoms with van der Waals surface area (Å²) in [5.74, 6) is -1.36. The van der Waals surface area contributed by atoms with Gasteiger partial charge in [0.15, 0.2) is 5.76 Å². The van der Waals surface area contributed by atoms with Crippen molar-refractivity contribution in [3.05, 3.63) is 34.0 Å². The molecule has 1 fully saturated rings. The highest BCUT2D eigenvalue weighted by atomic mass is 79.9. The second-order valence-electron chi connectivity index (χ2n) is 5.09. The van der Waals surface area contributed by atoms with Gasteiger partial charge >= 0.3 is 5.97 Å². The predicted octanol–water partition coefficient (Wildman–Crippen LogP) is 2.85. The van der Waals surface area contributed by atoms with Crippen molar-refractivity contribution in [2.45, 2.75) is 25.3 Å². The van der Waals surface area contributed by atoms with Crippen LogP contribution in [0.3, 0.4) is 0 Å². The molecule has 1 aliphatic rings. The fourth-order valence-corrected chi connectivity index (χ4v) is 2.78. The van der Waals surface area contributed by atoms with Crippen LogP contribution in [0.1, 0.15) is 29.0 Å². The van der Waals surface area contributed by atoms with E-state index in [4.69, 9.17) is 9.52 Å². The third-order valence-corrected chi connectivity index (χ3v) is 3.96. The van der Waals surface area contributed by atoms with Crippen LogP contribution < -0.4 is 5.32 Å². The Morgan fingerprint density at radius 1 is 1.35 bits per heavy atom. The van der Waals surface area contributed by atoms with Crippen molar-refractivity contribution in [1.29, 1.82) is 0 Å². The Bertz CT molecular complexity index is 730. The van der Waals surface area contributed by atoms with E-state index in [1.54, 1.807) is 6.07 Å². The number of rotatable bonds is 3. The van der Waals surface area contributed by atoms with Gasteiger partial charge < -0.3 is 14.8 Å². The molecule has 0 aliphatic heterocycles. The summed E-state index contributed by atoms with van der Waals surface area (Å²) in [5, 5.41) is 12.4. The largest absolute Gasteiger partial charge is 0.480 e. The van der Waals surface area contributed by atoms with Crippen LogP contribution in [0.4, 0.5) is 0 Å². The number of nitrogens with one attached hydrogen (secondary N) is 1. The number of fused-ring (bicyclic) bond motifs is 1. The number of benzene rings is 1. The molecular formula is C14H12BrNO4. The highest BCUT2D eigenvalue weighted by Crippen LogP contribution is 2.36. The van der Waals surface area contributed by atoms with Gasteiger partial charge in [-0.2, -0.15) is 0 Å². The molecule has 3 rings (SSSR count). The predicted molar refractivity (Wildman–Crippen MR) is 75.7 cm³/mol. The van der Waals surface area contributed by atoms with Gasteiger partial charge in [0.25, 0.3) is 5.91 Å². The van der Waals surface area contributed by atoms with Crippen molar-refractivity contribution in [2.24, 2.45) is 0 Å². The van der Waals surface area contributed by atoms with Gasteiger partial charge in [0, 0.05) is 9.86 Å². The second kappa shape index (κ2) is 4.34. The van der Waals surface area contributed by atoms with Gasteiger partial charge in [0.2, 0.25) is 0 Å². The smallest absolute Gasteiger partial charge is 0.329 e. The lowest BCUT2D eigenvalue weighted by Crippen LogP contribution is -2.42. The average Bonchev–Trinajstić information content (AvgIpc) is 3.00. The van der Waals surface area contributed by atoms with Crippen LogP contribution in [-0.4, -0.2) is 22.5 Å². The molecule has 104 valence electrons. The van der Waals surface area contributed by atoms with Crippen LogP contribution in [0.5, 0.6) is 0 Å². The zero-order valence-corrected chi connectivity index (χ0v) is 12.3. The first-order valence-corrected chi connectivity index (χ1v) is 6.96. The molecule has 1 saturated carbocycles. The number of aryl methyl sites for hydroxylation is 1. The van der Waals surface area contributed by atoms with E-state index in [1.165, 1.54) is 0 Å². The summed E-state index contributed by atoms with van der Waals surface area (Å²) in [6.45, 7) is 1.89. The maximum atomic E-state index is 12.1. The molecule has 0 unspecified atom stereocenters. The molecule has 5 nitrogen and oxygen atoms in total. The molecule has 0 spiro atoms. The Labute approximate surface area is 123 Å². The van der Waals surface area contributed by atoms with E-state index < -0.39 is 17.4 Å². The quantitative estimate of drug-likeness (QED) is 0.902. The fraction of sp³-hybridized carbons (Fsp3) is 0.286.